The molecule has 3 nitrogen and oxygen atoms in total. The monoisotopic (exact) mass is 141 g/mol. The minimum atomic E-state index is -0.244. The van der Waals surface area contributed by atoms with E-state index in [-0.39, 0.29) is 18.1 Å². The Morgan fingerprint density at radius 1 is 1.50 bits per heavy atom. The van der Waals surface area contributed by atoms with Crippen LogP contribution in [-0.2, 0) is 4.79 Å². The van der Waals surface area contributed by atoms with Gasteiger partial charge in [0.15, 0.2) is 0 Å². The second-order valence-electron chi connectivity index (χ2n) is 3.05. The number of hydrogen-bond acceptors (Lipinski definition) is 2. The number of carbonyl (C=O) groups excluding carboxylic acids is 1. The number of fused-ring (bicyclic) bond motifs is 1. The van der Waals surface area contributed by atoms with Crippen LogP contribution in [0.25, 0.3) is 0 Å². The molecular formula is C7H11NO2. The number of carbonyl (C=O) groups is 1. The summed E-state index contributed by atoms with van der Waals surface area (Å²) in [6, 6.07) is 0.160. The molecule has 56 valence electrons. The molecule has 2 aliphatic rings. The molecule has 0 aromatic rings. The first-order chi connectivity index (χ1) is 4.79. The van der Waals surface area contributed by atoms with E-state index in [9.17, 15) is 9.90 Å². The third kappa shape index (κ3) is 0.669. The number of rotatable bonds is 0. The Hall–Kier alpha value is -0.570. The maximum atomic E-state index is 11.0. The lowest BCUT2D eigenvalue weighted by Gasteiger charge is -2.15. The highest BCUT2D eigenvalue weighted by molar-refractivity contribution is 5.79. The Morgan fingerprint density at radius 2 is 2.30 bits per heavy atom. The van der Waals surface area contributed by atoms with Crippen LogP contribution in [0.1, 0.15) is 19.3 Å². The van der Waals surface area contributed by atoms with Gasteiger partial charge in [-0.15, -0.1) is 0 Å². The quantitative estimate of drug-likeness (QED) is 0.505. The van der Waals surface area contributed by atoms with Crippen LogP contribution >= 0.6 is 0 Å². The van der Waals surface area contributed by atoms with Gasteiger partial charge >= 0.3 is 0 Å². The van der Waals surface area contributed by atoms with E-state index in [2.05, 4.69) is 0 Å². The van der Waals surface area contributed by atoms with Crippen LogP contribution in [0.5, 0.6) is 0 Å². The highest BCUT2D eigenvalue weighted by atomic mass is 16.3. The van der Waals surface area contributed by atoms with E-state index < -0.39 is 0 Å². The van der Waals surface area contributed by atoms with Gasteiger partial charge in [-0.05, 0) is 12.8 Å². The summed E-state index contributed by atoms with van der Waals surface area (Å²) in [5, 5.41) is 9.32. The van der Waals surface area contributed by atoms with Gasteiger partial charge in [-0.1, -0.05) is 0 Å². The van der Waals surface area contributed by atoms with Crippen LogP contribution in [0, 0.1) is 0 Å². The molecule has 0 aromatic heterocycles. The van der Waals surface area contributed by atoms with Crippen molar-refractivity contribution in [1.82, 2.24) is 4.90 Å². The number of aliphatic hydroxyl groups is 1. The standard InChI is InChI=1S/C7H11NO2/c9-6-3-4-8-5(6)1-2-7(8)10/h5-6,9H,1-4H2/t5-,6-/m0/s1. The normalized spacial score (nSPS) is 38.9. The van der Waals surface area contributed by atoms with Crippen molar-refractivity contribution in [3.8, 4) is 0 Å². The number of amides is 1. The van der Waals surface area contributed by atoms with Gasteiger partial charge in [-0.25, -0.2) is 0 Å². The van der Waals surface area contributed by atoms with Crippen molar-refractivity contribution in [3.63, 3.8) is 0 Å². The number of hydrogen-bond donors (Lipinski definition) is 1. The zero-order chi connectivity index (χ0) is 7.14. The molecule has 1 N–H and O–H groups in total. The maximum absolute atomic E-state index is 11.0. The fraction of sp³-hybridized carbons (Fsp3) is 0.857. The van der Waals surface area contributed by atoms with Crippen LogP contribution in [0.3, 0.4) is 0 Å². The molecule has 0 saturated carbocycles. The molecule has 3 heteroatoms. The molecule has 0 spiro atoms. The molecule has 1 amide bonds. The first kappa shape index (κ1) is 6.16. The van der Waals surface area contributed by atoms with Crippen LogP contribution < -0.4 is 0 Å². The molecule has 0 bridgehead atoms. The lowest BCUT2D eigenvalue weighted by Crippen LogP contribution is -2.31. The summed E-state index contributed by atoms with van der Waals surface area (Å²) >= 11 is 0. The average molecular weight is 141 g/mol. The second-order valence-corrected chi connectivity index (χ2v) is 3.05. The summed E-state index contributed by atoms with van der Waals surface area (Å²) in [5.74, 6) is 0.224. The summed E-state index contributed by atoms with van der Waals surface area (Å²) in [7, 11) is 0. The lowest BCUT2D eigenvalue weighted by molar-refractivity contribution is -0.128. The lowest BCUT2D eigenvalue weighted by atomic mass is 10.1. The topological polar surface area (TPSA) is 40.5 Å². The Kier molecular flexibility index (Phi) is 1.20. The van der Waals surface area contributed by atoms with Gasteiger partial charge < -0.3 is 10.0 Å². The first-order valence-corrected chi connectivity index (χ1v) is 3.76. The van der Waals surface area contributed by atoms with Gasteiger partial charge in [0.1, 0.15) is 0 Å². The molecular weight excluding hydrogens is 130 g/mol. The molecule has 0 unspecified atom stereocenters. The smallest absolute Gasteiger partial charge is 0.222 e. The van der Waals surface area contributed by atoms with E-state index in [0.29, 0.717) is 6.42 Å². The molecule has 2 atom stereocenters. The van der Waals surface area contributed by atoms with E-state index in [0.717, 1.165) is 19.4 Å². The molecule has 2 saturated heterocycles. The second kappa shape index (κ2) is 1.95. The van der Waals surface area contributed by atoms with Crippen molar-refractivity contribution < 1.29 is 9.90 Å². The van der Waals surface area contributed by atoms with E-state index >= 15 is 0 Å². The highest BCUT2D eigenvalue weighted by Gasteiger charge is 2.40. The van der Waals surface area contributed by atoms with E-state index in [1.165, 1.54) is 0 Å². The minimum Gasteiger partial charge on any atom is -0.391 e. The van der Waals surface area contributed by atoms with Gasteiger partial charge in [0, 0.05) is 13.0 Å². The summed E-state index contributed by atoms with van der Waals surface area (Å²) in [6.07, 6.45) is 2.03. The number of nitrogens with zero attached hydrogens (tertiary/aromatic N) is 1. The largest absolute Gasteiger partial charge is 0.391 e. The molecule has 2 heterocycles. The zero-order valence-corrected chi connectivity index (χ0v) is 5.79. The Bertz CT molecular complexity index is 169. The Labute approximate surface area is 59.6 Å². The van der Waals surface area contributed by atoms with E-state index in [1.54, 1.807) is 0 Å². The molecule has 0 radical (unpaired) electrons. The van der Waals surface area contributed by atoms with Crippen molar-refractivity contribution in [2.75, 3.05) is 6.54 Å². The fourth-order valence-electron chi connectivity index (χ4n) is 1.91. The van der Waals surface area contributed by atoms with Gasteiger partial charge in [0.25, 0.3) is 0 Å². The van der Waals surface area contributed by atoms with Crippen molar-refractivity contribution in [2.45, 2.75) is 31.4 Å². The fourth-order valence-corrected chi connectivity index (χ4v) is 1.91. The summed E-state index contributed by atoms with van der Waals surface area (Å²) in [4.78, 5) is 12.8. The molecule has 0 aromatic carbocycles. The summed E-state index contributed by atoms with van der Waals surface area (Å²) in [6.45, 7) is 0.769. The third-order valence-corrected chi connectivity index (χ3v) is 2.48. The molecule has 2 aliphatic heterocycles. The van der Waals surface area contributed by atoms with Gasteiger partial charge in [-0.2, -0.15) is 0 Å². The predicted octanol–water partition coefficient (Wildman–Crippen LogP) is -0.258. The molecule has 0 aliphatic carbocycles. The van der Waals surface area contributed by atoms with Crippen molar-refractivity contribution >= 4 is 5.91 Å². The first-order valence-electron chi connectivity index (χ1n) is 3.76. The Morgan fingerprint density at radius 3 is 3.00 bits per heavy atom. The minimum absolute atomic E-state index is 0.160. The molecule has 2 rings (SSSR count). The van der Waals surface area contributed by atoms with Crippen LogP contribution in [0.15, 0.2) is 0 Å². The van der Waals surface area contributed by atoms with Crippen molar-refractivity contribution in [1.29, 1.82) is 0 Å². The average Bonchev–Trinajstić information content (AvgIpc) is 2.41. The van der Waals surface area contributed by atoms with Crippen LogP contribution in [-0.4, -0.2) is 34.6 Å². The summed E-state index contributed by atoms with van der Waals surface area (Å²) < 4.78 is 0. The van der Waals surface area contributed by atoms with Gasteiger partial charge in [0.05, 0.1) is 12.1 Å². The predicted molar refractivity (Wildman–Crippen MR) is 35.4 cm³/mol. The van der Waals surface area contributed by atoms with E-state index in [1.807, 2.05) is 4.90 Å². The van der Waals surface area contributed by atoms with Crippen LogP contribution in [0.4, 0.5) is 0 Å². The van der Waals surface area contributed by atoms with E-state index in [4.69, 9.17) is 0 Å². The van der Waals surface area contributed by atoms with Gasteiger partial charge in [-0.3, -0.25) is 4.79 Å². The summed E-state index contributed by atoms with van der Waals surface area (Å²) in [5.41, 5.74) is 0. The maximum Gasteiger partial charge on any atom is 0.222 e. The highest BCUT2D eigenvalue weighted by Crippen LogP contribution is 2.28. The Balaban J connectivity index is 2.16. The molecule has 10 heavy (non-hydrogen) atoms. The SMILES string of the molecule is O=C1CC[C@H]2[C@@H](O)CCN12. The molecule has 2 fully saturated rings. The van der Waals surface area contributed by atoms with Crippen molar-refractivity contribution in [2.24, 2.45) is 0 Å². The van der Waals surface area contributed by atoms with Gasteiger partial charge in [0.2, 0.25) is 5.91 Å². The zero-order valence-electron chi connectivity index (χ0n) is 5.79. The number of aliphatic hydroxyl groups excluding tert-OH is 1. The third-order valence-electron chi connectivity index (χ3n) is 2.48. The van der Waals surface area contributed by atoms with Crippen molar-refractivity contribution in [3.05, 3.63) is 0 Å². The van der Waals surface area contributed by atoms with Crippen LogP contribution in [0.2, 0.25) is 0 Å².